The highest BCUT2D eigenvalue weighted by Crippen LogP contribution is 2.35. The first-order valence-corrected chi connectivity index (χ1v) is 14.4. The van der Waals surface area contributed by atoms with Gasteiger partial charge in [-0.2, -0.15) is 13.2 Å². The van der Waals surface area contributed by atoms with Gasteiger partial charge >= 0.3 is 5.51 Å². The zero-order valence-electron chi connectivity index (χ0n) is 23.7. The number of imidazole rings is 1. The summed E-state index contributed by atoms with van der Waals surface area (Å²) in [5.41, 5.74) is 1.27. The molecule has 1 N–H and O–H groups in total. The topological polar surface area (TPSA) is 90.6 Å². The Labute approximate surface area is 237 Å². The van der Waals surface area contributed by atoms with E-state index in [-0.39, 0.29) is 11.0 Å². The predicted octanol–water partition coefficient (Wildman–Crippen LogP) is 6.88. The molecule has 0 bridgehead atoms. The first kappa shape index (κ1) is 30.3. The predicted molar refractivity (Wildman–Crippen MR) is 154 cm³/mol. The van der Waals surface area contributed by atoms with E-state index in [1.807, 2.05) is 12.3 Å². The van der Waals surface area contributed by atoms with Gasteiger partial charge in [0, 0.05) is 23.2 Å². The third-order valence-electron chi connectivity index (χ3n) is 6.37. The van der Waals surface area contributed by atoms with Crippen molar-refractivity contribution in [3.8, 4) is 11.3 Å². The van der Waals surface area contributed by atoms with Crippen LogP contribution in [0.5, 0.6) is 0 Å². The van der Waals surface area contributed by atoms with E-state index in [1.54, 1.807) is 0 Å². The fraction of sp³-hybridized carbons (Fsp3) is 0.333. The largest absolute Gasteiger partial charge is 0.741 e. The van der Waals surface area contributed by atoms with Crippen LogP contribution in [0.3, 0.4) is 0 Å². The summed E-state index contributed by atoms with van der Waals surface area (Å²) in [6, 6.07) is 21.5. The summed E-state index contributed by atoms with van der Waals surface area (Å²) < 4.78 is 63.6. The number of hydrogen-bond acceptors (Lipinski definition) is 5. The van der Waals surface area contributed by atoms with Crippen LogP contribution >= 0.6 is 0 Å². The molecule has 0 atom stereocenters. The number of anilines is 1. The summed E-state index contributed by atoms with van der Waals surface area (Å²) in [5, 5.41) is 5.08. The molecular weight excluding hydrogens is 553 g/mol. The number of pyridine rings is 3. The van der Waals surface area contributed by atoms with E-state index in [0.29, 0.717) is 0 Å². The van der Waals surface area contributed by atoms with Gasteiger partial charge in [-0.3, -0.25) is 10.3 Å². The molecule has 0 saturated carbocycles. The van der Waals surface area contributed by atoms with Gasteiger partial charge in [0.25, 0.3) is 5.82 Å². The Morgan fingerprint density at radius 2 is 1.61 bits per heavy atom. The number of hydrogen-bond donors (Lipinski definition) is 1. The fourth-order valence-electron chi connectivity index (χ4n) is 5.33. The van der Waals surface area contributed by atoms with E-state index in [1.165, 1.54) is 11.1 Å². The number of alkyl halides is 3. The van der Waals surface area contributed by atoms with Crippen LogP contribution in [-0.2, 0) is 10.1 Å². The Hall–Kier alpha value is -3.70. The van der Waals surface area contributed by atoms with Crippen LogP contribution in [0.2, 0.25) is 0 Å². The average molecular weight is 587 g/mol. The molecule has 0 spiro atoms. The smallest absolute Gasteiger partial charge is 0.485 e. The number of halogens is 3. The van der Waals surface area contributed by atoms with Crippen LogP contribution in [0.4, 0.5) is 19.0 Å². The van der Waals surface area contributed by atoms with Crippen molar-refractivity contribution in [2.45, 2.75) is 59.0 Å². The Kier molecular flexibility index (Phi) is 7.83. The third kappa shape index (κ3) is 6.62. The molecule has 0 unspecified atom stereocenters. The standard InChI is InChI=1S/C29H33N4.CHF3O3S/c1-20-14-15-24-32(18-20)27(31-29(5,6)19-28(2,3)4)26-25-22(13-10-16-30-25)17-23(33(24)26)21-11-8-7-9-12-21;2-1(3,4)8(5,6)7/h7-18,31H,19H2,1-6H3;(H,5,6,7)/q+1;/p-1. The number of nitrogens with one attached hydrogen (secondary N) is 1. The first-order valence-electron chi connectivity index (χ1n) is 13.0. The maximum atomic E-state index is 10.7. The second-order valence-corrected chi connectivity index (χ2v) is 13.3. The molecule has 7 nitrogen and oxygen atoms in total. The molecule has 218 valence electrons. The van der Waals surface area contributed by atoms with E-state index in [4.69, 9.17) is 18.0 Å². The summed E-state index contributed by atoms with van der Waals surface area (Å²) >= 11 is 0. The van der Waals surface area contributed by atoms with Gasteiger partial charge in [0.1, 0.15) is 11.2 Å². The monoisotopic (exact) mass is 586 g/mol. The molecule has 0 amide bonds. The molecule has 4 heterocycles. The molecular formula is C30H33F3N4O3S. The van der Waals surface area contributed by atoms with Crippen LogP contribution in [0.1, 0.15) is 46.6 Å². The molecule has 0 aliphatic heterocycles. The Morgan fingerprint density at radius 1 is 0.976 bits per heavy atom. The molecule has 5 aromatic rings. The lowest BCUT2D eigenvalue weighted by Crippen LogP contribution is -2.39. The summed E-state index contributed by atoms with van der Waals surface area (Å²) in [6.45, 7) is 13.6. The van der Waals surface area contributed by atoms with Gasteiger partial charge in [-0.15, -0.1) is 0 Å². The summed E-state index contributed by atoms with van der Waals surface area (Å²) in [5.74, 6) is 1.09. The van der Waals surface area contributed by atoms with Crippen molar-refractivity contribution in [2.24, 2.45) is 5.41 Å². The molecule has 0 fully saturated rings. The van der Waals surface area contributed by atoms with E-state index >= 15 is 0 Å². The van der Waals surface area contributed by atoms with Crippen molar-refractivity contribution < 1.29 is 30.5 Å². The van der Waals surface area contributed by atoms with Crippen molar-refractivity contribution in [3.05, 3.63) is 78.6 Å². The zero-order chi connectivity index (χ0) is 30.4. The lowest BCUT2D eigenvalue weighted by atomic mass is 9.82. The van der Waals surface area contributed by atoms with Gasteiger partial charge < -0.3 is 4.55 Å². The summed E-state index contributed by atoms with van der Waals surface area (Å²) in [4.78, 5) is 4.85. The van der Waals surface area contributed by atoms with Gasteiger partial charge in [-0.25, -0.2) is 17.2 Å². The molecule has 41 heavy (non-hydrogen) atoms. The lowest BCUT2D eigenvalue weighted by Gasteiger charge is -2.31. The maximum Gasteiger partial charge on any atom is 0.485 e. The van der Waals surface area contributed by atoms with Crippen LogP contribution in [-0.4, -0.2) is 33.4 Å². The van der Waals surface area contributed by atoms with Crippen molar-refractivity contribution in [2.75, 3.05) is 5.32 Å². The molecule has 0 saturated heterocycles. The Morgan fingerprint density at radius 3 is 2.20 bits per heavy atom. The van der Waals surface area contributed by atoms with Crippen molar-refractivity contribution >= 4 is 38.0 Å². The first-order chi connectivity index (χ1) is 18.9. The van der Waals surface area contributed by atoms with Crippen molar-refractivity contribution in [1.29, 1.82) is 0 Å². The van der Waals surface area contributed by atoms with Gasteiger partial charge in [0.05, 0.1) is 11.7 Å². The highest BCUT2D eigenvalue weighted by Gasteiger charge is 2.37. The Bertz CT molecular complexity index is 1830. The molecule has 11 heteroatoms. The number of rotatable bonds is 4. The van der Waals surface area contributed by atoms with Gasteiger partial charge in [-0.1, -0.05) is 57.2 Å². The third-order valence-corrected chi connectivity index (χ3v) is 6.94. The Balaban J connectivity index is 0.000000426. The van der Waals surface area contributed by atoms with E-state index < -0.39 is 15.6 Å². The average Bonchev–Trinajstić information content (AvgIpc) is 3.14. The highest BCUT2D eigenvalue weighted by molar-refractivity contribution is 7.86. The second-order valence-electron chi connectivity index (χ2n) is 12.0. The quantitative estimate of drug-likeness (QED) is 0.141. The number of nitrogens with zero attached hydrogens (tertiary/aromatic N) is 3. The normalized spacial score (nSPS) is 12.9. The lowest BCUT2D eigenvalue weighted by molar-refractivity contribution is -0.495. The summed E-state index contributed by atoms with van der Waals surface area (Å²) in [6.07, 6.45) is 5.15. The minimum absolute atomic E-state index is 0.104. The molecule has 1 aromatic carbocycles. The molecule has 0 aliphatic carbocycles. The number of aryl methyl sites for hydroxylation is 1. The van der Waals surface area contributed by atoms with Crippen molar-refractivity contribution in [3.63, 3.8) is 0 Å². The second kappa shape index (κ2) is 10.6. The van der Waals surface area contributed by atoms with E-state index in [2.05, 4.69) is 116 Å². The van der Waals surface area contributed by atoms with Crippen LogP contribution in [0.15, 0.2) is 73.1 Å². The van der Waals surface area contributed by atoms with E-state index in [9.17, 15) is 13.2 Å². The number of aromatic nitrogens is 3. The highest BCUT2D eigenvalue weighted by atomic mass is 32.2. The SMILES string of the molecule is Cc1ccc2n3c(-c4ccccc4)cc4cccnc4c3c(NC(C)(C)CC(C)(C)C)[n+]2c1.O=S(=O)([O-])C(F)(F)F. The molecule has 5 rings (SSSR count). The van der Waals surface area contributed by atoms with Gasteiger partial charge in [-0.05, 0) is 56.4 Å². The van der Waals surface area contributed by atoms with Crippen molar-refractivity contribution in [1.82, 2.24) is 9.38 Å². The maximum absolute atomic E-state index is 10.7. The number of fused-ring (bicyclic) bond motifs is 5. The number of benzene rings is 1. The zero-order valence-corrected chi connectivity index (χ0v) is 24.6. The minimum atomic E-state index is -6.09. The fourth-order valence-corrected chi connectivity index (χ4v) is 5.33. The van der Waals surface area contributed by atoms with Crippen LogP contribution < -0.4 is 9.72 Å². The van der Waals surface area contributed by atoms with Crippen LogP contribution in [0.25, 0.3) is 33.3 Å². The van der Waals surface area contributed by atoms with Gasteiger partial charge in [0.15, 0.2) is 10.1 Å². The van der Waals surface area contributed by atoms with E-state index in [0.717, 1.165) is 40.0 Å². The van der Waals surface area contributed by atoms with Gasteiger partial charge in [0.2, 0.25) is 11.2 Å². The van der Waals surface area contributed by atoms with Crippen LogP contribution in [0, 0.1) is 12.3 Å². The molecule has 0 aliphatic rings. The minimum Gasteiger partial charge on any atom is -0.741 e. The molecule has 4 aromatic heterocycles. The molecule has 0 radical (unpaired) electrons. The summed E-state index contributed by atoms with van der Waals surface area (Å²) in [7, 11) is -6.09.